The lowest BCUT2D eigenvalue weighted by molar-refractivity contribution is -0.147. The predicted molar refractivity (Wildman–Crippen MR) is 153 cm³/mol. The van der Waals surface area contributed by atoms with Crippen molar-refractivity contribution in [2.45, 2.75) is 56.3 Å². The lowest BCUT2D eigenvalue weighted by atomic mass is 10.0. The average molecular weight is 596 g/mol. The van der Waals surface area contributed by atoms with E-state index in [9.17, 15) is 33.9 Å². The summed E-state index contributed by atoms with van der Waals surface area (Å²) in [5.41, 5.74) is 8.36. The summed E-state index contributed by atoms with van der Waals surface area (Å²) in [4.78, 5) is 76.5. The number of hydrogen-bond donors (Lipinski definition) is 8. The fourth-order valence-corrected chi connectivity index (χ4v) is 4.43. The van der Waals surface area contributed by atoms with Gasteiger partial charge in [0.05, 0.1) is 12.5 Å². The molecular weight excluding hydrogens is 562 g/mol. The maximum atomic E-state index is 13.6. The maximum absolute atomic E-state index is 13.6. The van der Waals surface area contributed by atoms with Gasteiger partial charge in [0.25, 0.3) is 0 Å². The number of hydrogen-bond acceptors (Lipinski definition) is 7. The third-order valence-corrected chi connectivity index (χ3v) is 6.64. The Kier molecular flexibility index (Phi) is 11.3. The zero-order valence-electron chi connectivity index (χ0n) is 23.0. The molecule has 0 radical (unpaired) electrons. The highest BCUT2D eigenvalue weighted by Crippen LogP contribution is 2.19. The number of nitrogens with one attached hydrogen (secondary N) is 4. The van der Waals surface area contributed by atoms with Gasteiger partial charge in [-0.25, -0.2) is 4.79 Å². The van der Waals surface area contributed by atoms with E-state index in [4.69, 9.17) is 15.9 Å². The summed E-state index contributed by atoms with van der Waals surface area (Å²) in [7, 11) is 0. The molecule has 4 unspecified atom stereocenters. The number of fused-ring (bicyclic) bond motifs is 1. The van der Waals surface area contributed by atoms with E-state index in [1.807, 2.05) is 29.6 Å². The Labute approximate surface area is 245 Å². The van der Waals surface area contributed by atoms with Crippen LogP contribution in [0.5, 0.6) is 0 Å². The highest BCUT2D eigenvalue weighted by molar-refractivity contribution is 5.95. The molecule has 3 rings (SSSR count). The molecule has 43 heavy (non-hydrogen) atoms. The number of carboxylic acid groups (broad SMARTS) is 3. The lowest BCUT2D eigenvalue weighted by Gasteiger charge is -2.25. The molecule has 4 atom stereocenters. The van der Waals surface area contributed by atoms with Crippen molar-refractivity contribution in [3.63, 3.8) is 0 Å². The summed E-state index contributed by atoms with van der Waals surface area (Å²) in [5.74, 6) is -7.02. The Bertz CT molecular complexity index is 1470. The van der Waals surface area contributed by atoms with Crippen molar-refractivity contribution in [3.05, 3.63) is 71.9 Å². The number of carboxylic acids is 3. The summed E-state index contributed by atoms with van der Waals surface area (Å²) < 4.78 is 0. The quantitative estimate of drug-likeness (QED) is 0.111. The van der Waals surface area contributed by atoms with Gasteiger partial charge in [-0.15, -0.1) is 0 Å². The van der Waals surface area contributed by atoms with Crippen LogP contribution in [0.3, 0.4) is 0 Å². The summed E-state index contributed by atoms with van der Waals surface area (Å²) in [6.07, 6.45) is -0.149. The summed E-state index contributed by atoms with van der Waals surface area (Å²) in [6.45, 7) is 0. The van der Waals surface area contributed by atoms with Gasteiger partial charge in [-0.2, -0.15) is 0 Å². The molecule has 1 heterocycles. The van der Waals surface area contributed by atoms with Crippen LogP contribution in [0.4, 0.5) is 0 Å². The lowest BCUT2D eigenvalue weighted by Crippen LogP contribution is -2.58. The third kappa shape index (κ3) is 9.67. The van der Waals surface area contributed by atoms with Crippen LogP contribution in [0.2, 0.25) is 0 Å². The van der Waals surface area contributed by atoms with Crippen molar-refractivity contribution in [1.82, 2.24) is 20.9 Å². The van der Waals surface area contributed by atoms with Crippen LogP contribution in [0.25, 0.3) is 10.9 Å². The molecule has 0 aliphatic carbocycles. The second-order valence-corrected chi connectivity index (χ2v) is 9.91. The van der Waals surface area contributed by atoms with Crippen LogP contribution in [-0.4, -0.2) is 80.1 Å². The Balaban J connectivity index is 1.84. The Morgan fingerprint density at radius 2 is 1.33 bits per heavy atom. The van der Waals surface area contributed by atoms with E-state index < -0.39 is 79.1 Å². The van der Waals surface area contributed by atoms with Gasteiger partial charge in [0.15, 0.2) is 0 Å². The van der Waals surface area contributed by atoms with E-state index in [-0.39, 0.29) is 12.8 Å². The molecule has 3 aromatic rings. The van der Waals surface area contributed by atoms with Gasteiger partial charge >= 0.3 is 17.9 Å². The minimum atomic E-state index is -1.83. The smallest absolute Gasteiger partial charge is 0.326 e. The number of amides is 3. The number of nitrogens with two attached hydrogens (primary N) is 1. The highest BCUT2D eigenvalue weighted by atomic mass is 16.4. The molecule has 1 aromatic heterocycles. The zero-order chi connectivity index (χ0) is 31.5. The molecule has 228 valence electrons. The topological polar surface area (TPSA) is 241 Å². The van der Waals surface area contributed by atoms with Crippen molar-refractivity contribution >= 4 is 46.5 Å². The number of carbonyl (C=O) groups excluding carboxylic acids is 3. The van der Waals surface area contributed by atoms with Crippen molar-refractivity contribution in [2.75, 3.05) is 0 Å². The van der Waals surface area contributed by atoms with E-state index >= 15 is 0 Å². The van der Waals surface area contributed by atoms with E-state index in [1.54, 1.807) is 36.5 Å². The molecule has 0 saturated carbocycles. The minimum absolute atomic E-state index is 0.0380. The molecule has 0 aliphatic heterocycles. The Morgan fingerprint density at radius 1 is 0.721 bits per heavy atom. The van der Waals surface area contributed by atoms with E-state index in [0.717, 1.165) is 16.5 Å². The number of rotatable bonds is 16. The Morgan fingerprint density at radius 3 is 1.98 bits per heavy atom. The summed E-state index contributed by atoms with van der Waals surface area (Å²) >= 11 is 0. The first-order chi connectivity index (χ1) is 20.4. The molecule has 0 fully saturated rings. The van der Waals surface area contributed by atoms with Crippen LogP contribution < -0.4 is 21.7 Å². The first-order valence-electron chi connectivity index (χ1n) is 13.4. The van der Waals surface area contributed by atoms with Crippen LogP contribution in [0.15, 0.2) is 60.8 Å². The number of para-hydroxylation sites is 1. The second kappa shape index (κ2) is 15.1. The summed E-state index contributed by atoms with van der Waals surface area (Å²) in [6, 6.07) is 10.6. The largest absolute Gasteiger partial charge is 0.481 e. The van der Waals surface area contributed by atoms with E-state index in [0.29, 0.717) is 5.56 Å². The average Bonchev–Trinajstić information content (AvgIpc) is 3.37. The number of aromatic nitrogens is 1. The molecular formula is C29H33N5O9. The standard InChI is InChI=1S/C29H33N5O9/c30-19(12-16-6-2-1-3-7-16)26(39)33-22(13-17-15-31-20-9-5-4-8-18(17)20)28(41)32-21(10-11-24(35)36)27(40)34-23(29(42)43)14-25(37)38/h1-9,15,19,21-23,31H,10-14,30H2,(H,32,41)(H,33,39)(H,34,40)(H,35,36)(H,37,38)(H,42,43). The predicted octanol–water partition coefficient (Wildman–Crippen LogP) is 0.159. The fourth-order valence-electron chi connectivity index (χ4n) is 4.43. The molecule has 14 heteroatoms. The first kappa shape index (κ1) is 32.3. The third-order valence-electron chi connectivity index (χ3n) is 6.64. The van der Waals surface area contributed by atoms with Gasteiger partial charge in [-0.1, -0.05) is 48.5 Å². The highest BCUT2D eigenvalue weighted by Gasteiger charge is 2.32. The molecule has 0 aliphatic rings. The molecule has 0 spiro atoms. The van der Waals surface area contributed by atoms with Crippen molar-refractivity contribution < 1.29 is 44.1 Å². The van der Waals surface area contributed by atoms with Gasteiger partial charge in [0, 0.05) is 29.9 Å². The first-order valence-corrected chi connectivity index (χ1v) is 13.4. The molecule has 0 bridgehead atoms. The molecule has 9 N–H and O–H groups in total. The number of benzene rings is 2. The van der Waals surface area contributed by atoms with Gasteiger partial charge in [-0.3, -0.25) is 24.0 Å². The van der Waals surface area contributed by atoms with Gasteiger partial charge in [0.2, 0.25) is 17.7 Å². The van der Waals surface area contributed by atoms with Crippen LogP contribution in [0, 0.1) is 0 Å². The minimum Gasteiger partial charge on any atom is -0.481 e. The molecule has 3 amide bonds. The van der Waals surface area contributed by atoms with Crippen LogP contribution in [0.1, 0.15) is 30.4 Å². The number of H-pyrrole nitrogens is 1. The van der Waals surface area contributed by atoms with Gasteiger partial charge < -0.3 is 42.0 Å². The van der Waals surface area contributed by atoms with Crippen molar-refractivity contribution in [1.29, 1.82) is 0 Å². The monoisotopic (exact) mass is 595 g/mol. The van der Waals surface area contributed by atoms with Crippen LogP contribution in [-0.2, 0) is 41.6 Å². The normalized spacial score (nSPS) is 13.7. The molecule has 14 nitrogen and oxygen atoms in total. The van der Waals surface area contributed by atoms with Crippen molar-refractivity contribution in [2.24, 2.45) is 5.73 Å². The molecule has 0 saturated heterocycles. The fraction of sp³-hybridized carbons (Fsp3) is 0.310. The second-order valence-electron chi connectivity index (χ2n) is 9.91. The van der Waals surface area contributed by atoms with Crippen LogP contribution >= 0.6 is 0 Å². The number of carbonyl (C=O) groups is 6. The van der Waals surface area contributed by atoms with E-state index in [2.05, 4.69) is 15.6 Å². The van der Waals surface area contributed by atoms with E-state index in [1.165, 1.54) is 0 Å². The SMILES string of the molecule is NC(Cc1ccccc1)C(=O)NC(Cc1c[nH]c2ccccc12)C(=O)NC(CCC(=O)O)C(=O)NC(CC(=O)O)C(=O)O. The summed E-state index contributed by atoms with van der Waals surface area (Å²) in [5, 5.41) is 35.3. The maximum Gasteiger partial charge on any atom is 0.326 e. The Hall–Kier alpha value is -5.24. The molecule has 2 aromatic carbocycles. The van der Waals surface area contributed by atoms with Gasteiger partial charge in [0.1, 0.15) is 18.1 Å². The van der Waals surface area contributed by atoms with Crippen molar-refractivity contribution in [3.8, 4) is 0 Å². The number of aromatic amines is 1. The number of aliphatic carboxylic acids is 3. The van der Waals surface area contributed by atoms with Gasteiger partial charge in [-0.05, 0) is 30.0 Å². The zero-order valence-corrected chi connectivity index (χ0v) is 23.0.